The predicted octanol–water partition coefficient (Wildman–Crippen LogP) is 3.24. The van der Waals surface area contributed by atoms with Gasteiger partial charge in [0, 0.05) is 28.9 Å². The lowest BCUT2D eigenvalue weighted by Crippen LogP contribution is -2.41. The summed E-state index contributed by atoms with van der Waals surface area (Å²) < 4.78 is 0. The molecule has 2 rings (SSSR count). The van der Waals surface area contributed by atoms with E-state index in [0.717, 1.165) is 5.56 Å². The van der Waals surface area contributed by atoms with Gasteiger partial charge in [0.25, 0.3) is 11.8 Å². The van der Waals surface area contributed by atoms with Crippen molar-refractivity contribution in [2.24, 2.45) is 0 Å². The van der Waals surface area contributed by atoms with Crippen LogP contribution in [-0.4, -0.2) is 28.9 Å². The maximum absolute atomic E-state index is 12.3. The molecule has 0 aliphatic rings. The third-order valence-corrected chi connectivity index (χ3v) is 3.57. The number of carbonyl (C=O) groups is 2. The molecule has 5 nitrogen and oxygen atoms in total. The van der Waals surface area contributed by atoms with Gasteiger partial charge in [0.1, 0.15) is 5.69 Å². The summed E-state index contributed by atoms with van der Waals surface area (Å²) in [7, 11) is 0. The molecular weight excluding hydrogens is 338 g/mol. The molecule has 25 heavy (non-hydrogen) atoms. The smallest absolute Gasteiger partial charge is 0.270 e. The molecule has 0 bridgehead atoms. The van der Waals surface area contributed by atoms with Crippen LogP contribution in [0.15, 0.2) is 42.6 Å². The molecule has 2 N–H and O–H groups in total. The molecule has 0 saturated carbocycles. The fourth-order valence-corrected chi connectivity index (χ4v) is 2.43. The number of benzene rings is 1. The summed E-state index contributed by atoms with van der Waals surface area (Å²) >= 11 is 5.94. The van der Waals surface area contributed by atoms with Crippen molar-refractivity contribution in [3.8, 4) is 0 Å². The van der Waals surface area contributed by atoms with Gasteiger partial charge in [-0.2, -0.15) is 0 Å². The van der Waals surface area contributed by atoms with E-state index in [1.54, 1.807) is 6.07 Å². The molecule has 0 atom stereocenters. The third kappa shape index (κ3) is 6.19. The van der Waals surface area contributed by atoms with Crippen LogP contribution >= 0.6 is 11.6 Å². The van der Waals surface area contributed by atoms with Gasteiger partial charge in [0.15, 0.2) is 0 Å². The molecule has 1 heterocycles. The maximum atomic E-state index is 12.3. The van der Waals surface area contributed by atoms with E-state index in [1.807, 2.05) is 45.0 Å². The van der Waals surface area contributed by atoms with Crippen LogP contribution in [0.1, 0.15) is 47.2 Å². The lowest BCUT2D eigenvalue weighted by Gasteiger charge is -2.20. The van der Waals surface area contributed by atoms with E-state index in [0.29, 0.717) is 23.6 Å². The molecule has 1 aromatic heterocycles. The zero-order valence-corrected chi connectivity index (χ0v) is 15.4. The minimum Gasteiger partial charge on any atom is -0.352 e. The number of hydrogen-bond donors (Lipinski definition) is 2. The summed E-state index contributed by atoms with van der Waals surface area (Å²) in [5.74, 6) is -0.546. The molecule has 0 aliphatic carbocycles. The van der Waals surface area contributed by atoms with Crippen LogP contribution in [0.25, 0.3) is 0 Å². The number of nitrogens with zero attached hydrogens (tertiary/aromatic N) is 1. The van der Waals surface area contributed by atoms with Crippen LogP contribution in [-0.2, 0) is 6.42 Å². The summed E-state index contributed by atoms with van der Waals surface area (Å²) in [6.07, 6.45) is 2.14. The van der Waals surface area contributed by atoms with E-state index < -0.39 is 0 Å². The highest BCUT2D eigenvalue weighted by Gasteiger charge is 2.17. The van der Waals surface area contributed by atoms with Gasteiger partial charge >= 0.3 is 0 Å². The molecule has 0 saturated heterocycles. The van der Waals surface area contributed by atoms with Crippen LogP contribution < -0.4 is 10.6 Å². The SMILES string of the molecule is CC(C)(C)NC(=O)c1cc(C(=O)NCCc2cccc(Cl)c2)ccn1. The molecule has 0 fully saturated rings. The Hall–Kier alpha value is -2.40. The van der Waals surface area contributed by atoms with E-state index in [9.17, 15) is 9.59 Å². The van der Waals surface area contributed by atoms with E-state index in [-0.39, 0.29) is 23.0 Å². The van der Waals surface area contributed by atoms with Crippen LogP contribution in [0.3, 0.4) is 0 Å². The predicted molar refractivity (Wildman–Crippen MR) is 98.9 cm³/mol. The minimum absolute atomic E-state index is 0.220. The standard InChI is InChI=1S/C19H22ClN3O2/c1-19(2,3)23-18(25)16-12-14(8-10-21-16)17(24)22-9-7-13-5-4-6-15(20)11-13/h4-6,8,10-12H,7,9H2,1-3H3,(H,22,24)(H,23,25). The Bertz CT molecular complexity index is 769. The van der Waals surface area contributed by atoms with Crippen LogP contribution in [0.2, 0.25) is 5.02 Å². The largest absolute Gasteiger partial charge is 0.352 e. The van der Waals surface area contributed by atoms with E-state index in [2.05, 4.69) is 15.6 Å². The van der Waals surface area contributed by atoms with Crippen LogP contribution in [0, 0.1) is 0 Å². The van der Waals surface area contributed by atoms with E-state index >= 15 is 0 Å². The van der Waals surface area contributed by atoms with Gasteiger partial charge in [-0.25, -0.2) is 0 Å². The van der Waals surface area contributed by atoms with E-state index in [4.69, 9.17) is 11.6 Å². The Kier molecular flexibility index (Phi) is 6.15. The van der Waals surface area contributed by atoms with Crippen molar-refractivity contribution in [2.75, 3.05) is 6.54 Å². The highest BCUT2D eigenvalue weighted by atomic mass is 35.5. The Morgan fingerprint density at radius 3 is 2.56 bits per heavy atom. The zero-order valence-electron chi connectivity index (χ0n) is 14.6. The average Bonchev–Trinajstić information content (AvgIpc) is 2.53. The van der Waals surface area contributed by atoms with Crippen molar-refractivity contribution in [1.29, 1.82) is 0 Å². The lowest BCUT2D eigenvalue weighted by molar-refractivity contribution is 0.0914. The van der Waals surface area contributed by atoms with Crippen molar-refractivity contribution in [1.82, 2.24) is 15.6 Å². The average molecular weight is 360 g/mol. The first-order valence-electron chi connectivity index (χ1n) is 8.06. The van der Waals surface area contributed by atoms with Crippen molar-refractivity contribution < 1.29 is 9.59 Å². The number of amides is 2. The number of halogens is 1. The van der Waals surface area contributed by atoms with Gasteiger partial charge in [-0.05, 0) is 57.0 Å². The molecule has 0 unspecified atom stereocenters. The second kappa shape index (κ2) is 8.12. The summed E-state index contributed by atoms with van der Waals surface area (Å²) in [4.78, 5) is 28.5. The molecule has 0 radical (unpaired) electrons. The fourth-order valence-electron chi connectivity index (χ4n) is 2.22. The normalized spacial score (nSPS) is 11.0. The number of carbonyl (C=O) groups excluding carboxylic acids is 2. The summed E-state index contributed by atoms with van der Waals surface area (Å²) in [5, 5.41) is 6.34. The molecule has 6 heteroatoms. The van der Waals surface area contributed by atoms with Crippen molar-refractivity contribution in [3.63, 3.8) is 0 Å². The molecule has 132 valence electrons. The van der Waals surface area contributed by atoms with Crippen LogP contribution in [0.4, 0.5) is 0 Å². The molecule has 2 amide bonds. The first-order chi connectivity index (χ1) is 11.7. The van der Waals surface area contributed by atoms with Gasteiger partial charge in [0.05, 0.1) is 0 Å². The summed E-state index contributed by atoms with van der Waals surface area (Å²) in [6.45, 7) is 6.14. The number of nitrogens with one attached hydrogen (secondary N) is 2. The molecule has 1 aromatic carbocycles. The molecule has 2 aromatic rings. The maximum Gasteiger partial charge on any atom is 0.270 e. The highest BCUT2D eigenvalue weighted by Crippen LogP contribution is 2.11. The number of rotatable bonds is 5. The van der Waals surface area contributed by atoms with Gasteiger partial charge in [0.2, 0.25) is 0 Å². The first kappa shape index (κ1) is 18.9. The quantitative estimate of drug-likeness (QED) is 0.860. The number of pyridine rings is 1. The third-order valence-electron chi connectivity index (χ3n) is 3.33. The molecule has 0 aliphatic heterocycles. The van der Waals surface area contributed by atoms with Gasteiger partial charge in [-0.1, -0.05) is 23.7 Å². The molecular formula is C19H22ClN3O2. The molecule has 0 spiro atoms. The van der Waals surface area contributed by atoms with Crippen molar-refractivity contribution >= 4 is 23.4 Å². The van der Waals surface area contributed by atoms with Gasteiger partial charge in [-0.3, -0.25) is 14.6 Å². The second-order valence-corrected chi connectivity index (χ2v) is 7.21. The van der Waals surface area contributed by atoms with Crippen LogP contribution in [0.5, 0.6) is 0 Å². The summed E-state index contributed by atoms with van der Waals surface area (Å²) in [5.41, 5.74) is 1.30. The Labute approximate surface area is 152 Å². The zero-order chi connectivity index (χ0) is 18.4. The Morgan fingerprint density at radius 2 is 1.88 bits per heavy atom. The Morgan fingerprint density at radius 1 is 1.12 bits per heavy atom. The highest BCUT2D eigenvalue weighted by molar-refractivity contribution is 6.30. The first-order valence-corrected chi connectivity index (χ1v) is 8.43. The van der Waals surface area contributed by atoms with Gasteiger partial charge < -0.3 is 10.6 Å². The minimum atomic E-state index is -0.367. The number of hydrogen-bond acceptors (Lipinski definition) is 3. The van der Waals surface area contributed by atoms with Crippen molar-refractivity contribution in [3.05, 3.63) is 64.4 Å². The monoisotopic (exact) mass is 359 g/mol. The Balaban J connectivity index is 1.95. The second-order valence-electron chi connectivity index (χ2n) is 6.77. The van der Waals surface area contributed by atoms with Gasteiger partial charge in [-0.15, -0.1) is 0 Å². The number of aromatic nitrogens is 1. The summed E-state index contributed by atoms with van der Waals surface area (Å²) in [6, 6.07) is 10.6. The van der Waals surface area contributed by atoms with Crippen molar-refractivity contribution in [2.45, 2.75) is 32.7 Å². The lowest BCUT2D eigenvalue weighted by atomic mass is 10.1. The topological polar surface area (TPSA) is 71.1 Å². The van der Waals surface area contributed by atoms with E-state index in [1.165, 1.54) is 12.3 Å². The fraction of sp³-hybridized carbons (Fsp3) is 0.316.